The van der Waals surface area contributed by atoms with Crippen molar-refractivity contribution in [2.45, 2.75) is 26.1 Å². The second-order valence-electron chi connectivity index (χ2n) is 5.63. The lowest BCUT2D eigenvalue weighted by Gasteiger charge is -2.16. The highest BCUT2D eigenvalue weighted by atomic mass is 19.4. The average Bonchev–Trinajstić information content (AvgIpc) is 3.01. The van der Waals surface area contributed by atoms with Crippen LogP contribution in [0.4, 0.5) is 13.2 Å². The van der Waals surface area contributed by atoms with E-state index < -0.39 is 29.7 Å². The maximum atomic E-state index is 12.7. The zero-order chi connectivity index (χ0) is 18.8. The Morgan fingerprint density at radius 1 is 1.28 bits per heavy atom. The van der Waals surface area contributed by atoms with Crippen LogP contribution in [0.5, 0.6) is 0 Å². The van der Waals surface area contributed by atoms with Crippen LogP contribution in [0.1, 0.15) is 29.9 Å². The zero-order valence-electron chi connectivity index (χ0n) is 13.3. The summed E-state index contributed by atoms with van der Waals surface area (Å²) in [5.41, 5.74) is -0.999. The molecule has 1 amide bonds. The van der Waals surface area contributed by atoms with Gasteiger partial charge in [0.2, 0.25) is 0 Å². The van der Waals surface area contributed by atoms with Crippen molar-refractivity contribution in [3.05, 3.63) is 41.7 Å². The molecule has 25 heavy (non-hydrogen) atoms. The summed E-state index contributed by atoms with van der Waals surface area (Å²) in [5.74, 6) is -2.34. The van der Waals surface area contributed by atoms with Crippen molar-refractivity contribution in [2.75, 3.05) is 0 Å². The highest BCUT2D eigenvalue weighted by Crippen LogP contribution is 2.30. The molecule has 0 saturated carbocycles. The summed E-state index contributed by atoms with van der Waals surface area (Å²) in [6.07, 6.45) is -3.38. The molecule has 1 heterocycles. The Labute approximate surface area is 140 Å². The van der Waals surface area contributed by atoms with Crippen LogP contribution in [-0.2, 0) is 11.0 Å². The second-order valence-corrected chi connectivity index (χ2v) is 5.63. The first-order valence-electron chi connectivity index (χ1n) is 7.23. The minimum absolute atomic E-state index is 0.0695. The molecular weight excluding hydrogens is 341 g/mol. The van der Waals surface area contributed by atoms with E-state index in [9.17, 15) is 22.8 Å². The van der Waals surface area contributed by atoms with Gasteiger partial charge in [-0.3, -0.25) is 4.79 Å². The molecule has 1 atom stereocenters. The number of halogens is 3. The van der Waals surface area contributed by atoms with Gasteiger partial charge in [-0.2, -0.15) is 13.2 Å². The number of carbonyl (C=O) groups is 2. The van der Waals surface area contributed by atoms with Crippen molar-refractivity contribution in [1.82, 2.24) is 20.3 Å². The molecule has 0 aliphatic rings. The first kappa shape index (κ1) is 18.4. The number of aromatic nitrogens is 3. The molecule has 1 aromatic carbocycles. The molecule has 0 aliphatic heterocycles. The van der Waals surface area contributed by atoms with Gasteiger partial charge in [0.25, 0.3) is 5.91 Å². The summed E-state index contributed by atoms with van der Waals surface area (Å²) < 4.78 is 39.2. The SMILES string of the molecule is CC(C)[C@H](NC(=O)c1cn(-c2cccc(C(F)(F)F)c2)nn1)C(=O)O. The maximum absolute atomic E-state index is 12.7. The Bertz CT molecular complexity index is 786. The van der Waals surface area contributed by atoms with E-state index in [4.69, 9.17) is 5.11 Å². The van der Waals surface area contributed by atoms with Gasteiger partial charge in [-0.15, -0.1) is 5.10 Å². The van der Waals surface area contributed by atoms with Gasteiger partial charge in [-0.25, -0.2) is 9.48 Å². The standard InChI is InChI=1S/C15H15F3N4O3/c1-8(2)12(14(24)25)19-13(23)11-7-22(21-20-11)10-5-3-4-9(6-10)15(16,17)18/h3-8,12H,1-2H3,(H,19,23)(H,24,25)/t12-/m0/s1. The zero-order valence-corrected chi connectivity index (χ0v) is 13.3. The van der Waals surface area contributed by atoms with Crippen LogP contribution in [0.2, 0.25) is 0 Å². The summed E-state index contributed by atoms with van der Waals surface area (Å²) in [6, 6.07) is 3.24. The number of nitrogens with zero attached hydrogens (tertiary/aromatic N) is 3. The van der Waals surface area contributed by atoms with Crippen LogP contribution >= 0.6 is 0 Å². The van der Waals surface area contributed by atoms with Gasteiger partial charge in [-0.05, 0) is 24.1 Å². The molecule has 1 aromatic heterocycles. The molecular formula is C15H15F3N4O3. The van der Waals surface area contributed by atoms with Gasteiger partial charge < -0.3 is 10.4 Å². The first-order chi connectivity index (χ1) is 11.6. The summed E-state index contributed by atoms with van der Waals surface area (Å²) in [4.78, 5) is 23.2. The predicted molar refractivity (Wildman–Crippen MR) is 80.1 cm³/mol. The molecule has 2 N–H and O–H groups in total. The molecule has 0 fully saturated rings. The number of carbonyl (C=O) groups excluding carboxylic acids is 1. The van der Waals surface area contributed by atoms with Gasteiger partial charge in [0.15, 0.2) is 5.69 Å². The van der Waals surface area contributed by atoms with Crippen molar-refractivity contribution >= 4 is 11.9 Å². The fourth-order valence-electron chi connectivity index (χ4n) is 2.05. The number of carboxylic acids is 1. The van der Waals surface area contributed by atoms with Crippen LogP contribution in [0.25, 0.3) is 5.69 Å². The summed E-state index contributed by atoms with van der Waals surface area (Å²) in [6.45, 7) is 3.25. The molecule has 2 aromatic rings. The minimum Gasteiger partial charge on any atom is -0.480 e. The molecule has 0 saturated heterocycles. The van der Waals surface area contributed by atoms with Gasteiger partial charge in [0, 0.05) is 0 Å². The number of carboxylic acid groups (broad SMARTS) is 1. The van der Waals surface area contributed by atoms with Gasteiger partial charge in [0.05, 0.1) is 17.4 Å². The average molecular weight is 356 g/mol. The van der Waals surface area contributed by atoms with E-state index in [0.717, 1.165) is 23.0 Å². The Hall–Kier alpha value is -2.91. The second kappa shape index (κ2) is 6.91. The molecule has 0 radical (unpaired) electrons. The lowest BCUT2D eigenvalue weighted by Crippen LogP contribution is -2.44. The maximum Gasteiger partial charge on any atom is 0.416 e. The van der Waals surface area contributed by atoms with E-state index in [1.165, 1.54) is 12.1 Å². The Balaban J connectivity index is 2.23. The van der Waals surface area contributed by atoms with E-state index in [1.54, 1.807) is 13.8 Å². The number of nitrogens with one attached hydrogen (secondary N) is 1. The smallest absolute Gasteiger partial charge is 0.416 e. The topological polar surface area (TPSA) is 97.1 Å². The number of amides is 1. The van der Waals surface area contributed by atoms with Crippen molar-refractivity contribution in [3.8, 4) is 5.69 Å². The number of benzene rings is 1. The molecule has 7 nitrogen and oxygen atoms in total. The Morgan fingerprint density at radius 2 is 1.96 bits per heavy atom. The number of aliphatic carboxylic acids is 1. The normalized spacial score (nSPS) is 12.9. The third-order valence-corrected chi connectivity index (χ3v) is 3.38. The monoisotopic (exact) mass is 356 g/mol. The number of hydrogen-bond acceptors (Lipinski definition) is 4. The molecule has 134 valence electrons. The van der Waals surface area contributed by atoms with E-state index in [0.29, 0.717) is 0 Å². The molecule has 0 bridgehead atoms. The van der Waals surface area contributed by atoms with Crippen LogP contribution in [0, 0.1) is 5.92 Å². The summed E-state index contributed by atoms with van der Waals surface area (Å²) in [7, 11) is 0. The molecule has 0 spiro atoms. The number of rotatable bonds is 5. The summed E-state index contributed by atoms with van der Waals surface area (Å²) in [5, 5.41) is 18.6. The van der Waals surface area contributed by atoms with Crippen molar-refractivity contribution in [2.24, 2.45) is 5.92 Å². The van der Waals surface area contributed by atoms with E-state index in [1.807, 2.05) is 0 Å². The van der Waals surface area contributed by atoms with Crippen LogP contribution < -0.4 is 5.32 Å². The predicted octanol–water partition coefficient (Wildman–Crippen LogP) is 2.13. The third-order valence-electron chi connectivity index (χ3n) is 3.38. The fourth-order valence-corrected chi connectivity index (χ4v) is 2.05. The Morgan fingerprint density at radius 3 is 2.52 bits per heavy atom. The molecule has 10 heteroatoms. The minimum atomic E-state index is -4.51. The van der Waals surface area contributed by atoms with Crippen molar-refractivity contribution in [1.29, 1.82) is 0 Å². The lowest BCUT2D eigenvalue weighted by molar-refractivity contribution is -0.140. The van der Waals surface area contributed by atoms with E-state index in [-0.39, 0.29) is 17.3 Å². The highest BCUT2D eigenvalue weighted by Gasteiger charge is 2.31. The first-order valence-corrected chi connectivity index (χ1v) is 7.23. The van der Waals surface area contributed by atoms with E-state index >= 15 is 0 Å². The molecule has 0 aliphatic carbocycles. The van der Waals surface area contributed by atoms with Crippen LogP contribution in [-0.4, -0.2) is 38.0 Å². The van der Waals surface area contributed by atoms with Crippen molar-refractivity contribution in [3.63, 3.8) is 0 Å². The largest absolute Gasteiger partial charge is 0.480 e. The van der Waals surface area contributed by atoms with Crippen LogP contribution in [0.15, 0.2) is 30.5 Å². The van der Waals surface area contributed by atoms with E-state index in [2.05, 4.69) is 15.6 Å². The van der Waals surface area contributed by atoms with Gasteiger partial charge in [0.1, 0.15) is 6.04 Å². The lowest BCUT2D eigenvalue weighted by atomic mass is 10.0. The summed E-state index contributed by atoms with van der Waals surface area (Å²) >= 11 is 0. The van der Waals surface area contributed by atoms with Gasteiger partial charge >= 0.3 is 12.1 Å². The van der Waals surface area contributed by atoms with Gasteiger partial charge in [-0.1, -0.05) is 25.1 Å². The van der Waals surface area contributed by atoms with Crippen LogP contribution in [0.3, 0.4) is 0 Å². The number of hydrogen-bond donors (Lipinski definition) is 2. The number of alkyl halides is 3. The molecule has 2 rings (SSSR count). The van der Waals surface area contributed by atoms with Crippen molar-refractivity contribution < 1.29 is 27.9 Å². The quantitative estimate of drug-likeness (QED) is 0.855. The highest BCUT2D eigenvalue weighted by molar-refractivity contribution is 5.94. The third kappa shape index (κ3) is 4.34. The fraction of sp³-hybridized carbons (Fsp3) is 0.333. The molecule has 0 unspecified atom stereocenters. The Kier molecular flexibility index (Phi) is 5.10.